The molecule has 3 rings (SSSR count). The van der Waals surface area contributed by atoms with E-state index in [0.717, 1.165) is 4.47 Å². The molecule has 1 N–H and O–H groups in total. The average Bonchev–Trinajstić information content (AvgIpc) is 3.07. The molecule has 6 nitrogen and oxygen atoms in total. The minimum absolute atomic E-state index is 0.127. The predicted molar refractivity (Wildman–Crippen MR) is 79.4 cm³/mol. The lowest BCUT2D eigenvalue weighted by Crippen LogP contribution is -2.36. The minimum atomic E-state index is -0.127. The van der Waals surface area contributed by atoms with Gasteiger partial charge in [-0.15, -0.1) is 0 Å². The third-order valence-electron chi connectivity index (χ3n) is 3.50. The molecule has 2 heterocycles. The molecule has 0 spiro atoms. The van der Waals surface area contributed by atoms with Gasteiger partial charge in [0, 0.05) is 24.5 Å². The van der Waals surface area contributed by atoms with Crippen LogP contribution >= 0.6 is 15.9 Å². The highest BCUT2D eigenvalue weighted by Gasteiger charge is 2.25. The number of rotatable bonds is 2. The summed E-state index contributed by atoms with van der Waals surface area (Å²) in [6.07, 6.45) is 0. The molecule has 0 saturated carbocycles. The number of aromatic nitrogens is 2. The van der Waals surface area contributed by atoms with Crippen molar-refractivity contribution in [3.05, 3.63) is 45.0 Å². The molecular weight excluding hydrogens is 336 g/mol. The van der Waals surface area contributed by atoms with E-state index >= 15 is 0 Å². The maximum atomic E-state index is 12.2. The van der Waals surface area contributed by atoms with Gasteiger partial charge in [0.05, 0.1) is 6.54 Å². The van der Waals surface area contributed by atoms with E-state index < -0.39 is 0 Å². The molecule has 1 aromatic heterocycles. The summed E-state index contributed by atoms with van der Waals surface area (Å²) in [6, 6.07) is 4.01. The number of hydrogen-bond donors (Lipinski definition) is 1. The van der Waals surface area contributed by atoms with Gasteiger partial charge in [-0.2, -0.15) is 4.98 Å². The fourth-order valence-electron chi connectivity index (χ4n) is 2.37. The third-order valence-corrected chi connectivity index (χ3v) is 4.60. The van der Waals surface area contributed by atoms with Crippen LogP contribution < -0.4 is 5.32 Å². The summed E-state index contributed by atoms with van der Waals surface area (Å²) in [5.74, 6) is 0.974. The maximum absolute atomic E-state index is 12.2. The molecule has 1 aliphatic heterocycles. The van der Waals surface area contributed by atoms with Crippen molar-refractivity contribution in [2.24, 2.45) is 0 Å². The Hall–Kier alpha value is -1.89. The number of fused-ring (bicyclic) bond motifs is 1. The Labute approximate surface area is 130 Å². The van der Waals surface area contributed by atoms with Gasteiger partial charge in [-0.1, -0.05) is 33.2 Å². The molecular formula is C14H15BrN4O2. The summed E-state index contributed by atoms with van der Waals surface area (Å²) in [7, 11) is 0. The number of carbonyl (C=O) groups is 1. The van der Waals surface area contributed by atoms with Gasteiger partial charge in [0.1, 0.15) is 0 Å². The minimum Gasteiger partial charge on any atom is -0.340 e. The van der Waals surface area contributed by atoms with Gasteiger partial charge < -0.3 is 14.7 Å². The first-order valence-electron chi connectivity index (χ1n) is 6.63. The van der Waals surface area contributed by atoms with E-state index in [0.29, 0.717) is 24.8 Å². The van der Waals surface area contributed by atoms with Crippen molar-refractivity contribution in [3.63, 3.8) is 0 Å². The van der Waals surface area contributed by atoms with E-state index in [-0.39, 0.29) is 12.6 Å². The van der Waals surface area contributed by atoms with Gasteiger partial charge in [0.25, 0.3) is 0 Å². The first kappa shape index (κ1) is 14.1. The zero-order valence-corrected chi connectivity index (χ0v) is 13.4. The molecule has 21 heavy (non-hydrogen) atoms. The van der Waals surface area contributed by atoms with E-state index in [4.69, 9.17) is 4.52 Å². The van der Waals surface area contributed by atoms with Crippen LogP contribution in [-0.2, 0) is 19.6 Å². The molecule has 1 aromatic carbocycles. The Balaban J connectivity index is 1.64. The summed E-state index contributed by atoms with van der Waals surface area (Å²) >= 11 is 3.60. The molecule has 110 valence electrons. The van der Waals surface area contributed by atoms with E-state index in [1.54, 1.807) is 11.8 Å². The monoisotopic (exact) mass is 350 g/mol. The third kappa shape index (κ3) is 2.78. The van der Waals surface area contributed by atoms with Crippen molar-refractivity contribution in [1.82, 2.24) is 20.4 Å². The van der Waals surface area contributed by atoms with Crippen molar-refractivity contribution in [2.75, 3.05) is 0 Å². The molecule has 0 atom stereocenters. The number of amides is 2. The van der Waals surface area contributed by atoms with Crippen molar-refractivity contribution >= 4 is 22.0 Å². The molecule has 0 aliphatic carbocycles. The number of aryl methyl sites for hydroxylation is 2. The van der Waals surface area contributed by atoms with E-state index in [9.17, 15) is 4.79 Å². The van der Waals surface area contributed by atoms with Crippen LogP contribution in [0.3, 0.4) is 0 Å². The number of benzene rings is 1. The molecule has 0 saturated heterocycles. The Bertz CT molecular complexity index is 698. The van der Waals surface area contributed by atoms with Crippen LogP contribution in [-0.4, -0.2) is 21.1 Å². The summed E-state index contributed by atoms with van der Waals surface area (Å²) in [5.41, 5.74) is 3.54. The number of nitrogens with one attached hydrogen (secondary N) is 1. The smallest absolute Gasteiger partial charge is 0.318 e. The van der Waals surface area contributed by atoms with Crippen LogP contribution in [0.2, 0.25) is 0 Å². The Kier molecular flexibility index (Phi) is 3.67. The van der Waals surface area contributed by atoms with Crippen molar-refractivity contribution < 1.29 is 9.32 Å². The standard InChI is InChI=1S/C14H15BrN4O2/c1-8-3-4-10-6-19(7-11(10)13(8)15)14(20)16-5-12-17-9(2)21-18-12/h3-4H,5-7H2,1-2H3,(H,16,20). The van der Waals surface area contributed by atoms with Gasteiger partial charge >= 0.3 is 6.03 Å². The quantitative estimate of drug-likeness (QED) is 0.903. The molecule has 2 aromatic rings. The molecule has 0 bridgehead atoms. The molecule has 0 fully saturated rings. The Morgan fingerprint density at radius 3 is 2.95 bits per heavy atom. The Morgan fingerprint density at radius 1 is 1.43 bits per heavy atom. The summed E-state index contributed by atoms with van der Waals surface area (Å²) < 4.78 is 5.96. The Morgan fingerprint density at radius 2 is 2.24 bits per heavy atom. The summed E-state index contributed by atoms with van der Waals surface area (Å²) in [6.45, 7) is 5.25. The number of hydrogen-bond acceptors (Lipinski definition) is 4. The second-order valence-electron chi connectivity index (χ2n) is 5.08. The van der Waals surface area contributed by atoms with Gasteiger partial charge in [-0.05, 0) is 23.6 Å². The zero-order valence-electron chi connectivity index (χ0n) is 11.8. The lowest BCUT2D eigenvalue weighted by molar-refractivity contribution is 0.197. The topological polar surface area (TPSA) is 71.3 Å². The predicted octanol–water partition coefficient (Wildman–Crippen LogP) is 2.67. The molecule has 0 unspecified atom stereocenters. The van der Waals surface area contributed by atoms with E-state index in [2.05, 4.69) is 43.5 Å². The van der Waals surface area contributed by atoms with Crippen molar-refractivity contribution in [1.29, 1.82) is 0 Å². The van der Waals surface area contributed by atoms with Gasteiger partial charge in [0.2, 0.25) is 5.89 Å². The first-order valence-corrected chi connectivity index (χ1v) is 7.42. The molecule has 2 amide bonds. The van der Waals surface area contributed by atoms with E-state index in [1.165, 1.54) is 16.7 Å². The highest BCUT2D eigenvalue weighted by atomic mass is 79.9. The van der Waals surface area contributed by atoms with Crippen molar-refractivity contribution in [2.45, 2.75) is 33.5 Å². The van der Waals surface area contributed by atoms with Crippen LogP contribution in [0.25, 0.3) is 0 Å². The lowest BCUT2D eigenvalue weighted by Gasteiger charge is -2.15. The highest BCUT2D eigenvalue weighted by molar-refractivity contribution is 9.10. The highest BCUT2D eigenvalue weighted by Crippen LogP contribution is 2.31. The van der Waals surface area contributed by atoms with Crippen LogP contribution in [0.15, 0.2) is 21.1 Å². The average molecular weight is 351 g/mol. The van der Waals surface area contributed by atoms with Crippen molar-refractivity contribution in [3.8, 4) is 0 Å². The SMILES string of the molecule is Cc1nc(CNC(=O)N2Cc3ccc(C)c(Br)c3C2)no1. The maximum Gasteiger partial charge on any atom is 0.318 e. The lowest BCUT2D eigenvalue weighted by atomic mass is 10.1. The number of carbonyl (C=O) groups excluding carboxylic acids is 1. The molecule has 7 heteroatoms. The second kappa shape index (κ2) is 5.48. The zero-order chi connectivity index (χ0) is 15.0. The second-order valence-corrected chi connectivity index (χ2v) is 5.87. The van der Waals surface area contributed by atoms with Crippen LogP contribution in [0, 0.1) is 13.8 Å². The van der Waals surface area contributed by atoms with Crippen LogP contribution in [0.1, 0.15) is 28.4 Å². The van der Waals surface area contributed by atoms with Gasteiger partial charge in [-0.3, -0.25) is 0 Å². The van der Waals surface area contributed by atoms with Gasteiger partial charge in [0.15, 0.2) is 5.82 Å². The van der Waals surface area contributed by atoms with Gasteiger partial charge in [-0.25, -0.2) is 4.79 Å². The number of urea groups is 1. The number of nitrogens with zero attached hydrogens (tertiary/aromatic N) is 3. The fraction of sp³-hybridized carbons (Fsp3) is 0.357. The number of halogens is 1. The fourth-order valence-corrected chi connectivity index (χ4v) is 2.89. The van der Waals surface area contributed by atoms with Crippen LogP contribution in [0.5, 0.6) is 0 Å². The first-order chi connectivity index (χ1) is 10.0. The molecule has 1 aliphatic rings. The largest absolute Gasteiger partial charge is 0.340 e. The molecule has 0 radical (unpaired) electrons. The van der Waals surface area contributed by atoms with E-state index in [1.807, 2.05) is 6.92 Å². The summed E-state index contributed by atoms with van der Waals surface area (Å²) in [4.78, 5) is 18.0. The van der Waals surface area contributed by atoms with Crippen LogP contribution in [0.4, 0.5) is 4.79 Å². The normalized spacial score (nSPS) is 13.4. The summed E-state index contributed by atoms with van der Waals surface area (Å²) in [5, 5.41) is 6.56.